The lowest BCUT2D eigenvalue weighted by Crippen LogP contribution is -2.31. The number of rotatable bonds is 3. The minimum Gasteiger partial charge on any atom is -0.457 e. The highest BCUT2D eigenvalue weighted by atomic mass is 79.9. The summed E-state index contributed by atoms with van der Waals surface area (Å²) < 4.78 is 5.51. The monoisotopic (exact) mass is 319 g/mol. The van der Waals surface area contributed by atoms with Crippen molar-refractivity contribution in [3.8, 4) is 0 Å². The van der Waals surface area contributed by atoms with Gasteiger partial charge in [0.15, 0.2) is 4.67 Å². The van der Waals surface area contributed by atoms with E-state index in [9.17, 15) is 4.79 Å². The second kappa shape index (κ2) is 5.91. The fourth-order valence-electron chi connectivity index (χ4n) is 2.20. The van der Waals surface area contributed by atoms with Crippen molar-refractivity contribution >= 4 is 33.4 Å². The van der Waals surface area contributed by atoms with Crippen molar-refractivity contribution in [2.24, 2.45) is 5.92 Å². The van der Waals surface area contributed by atoms with Crippen molar-refractivity contribution in [1.29, 1.82) is 0 Å². The molecule has 2 atom stereocenters. The van der Waals surface area contributed by atoms with Gasteiger partial charge in [0.1, 0.15) is 0 Å². The highest BCUT2D eigenvalue weighted by Crippen LogP contribution is 2.27. The zero-order chi connectivity index (χ0) is 12.3. The van der Waals surface area contributed by atoms with Crippen LogP contribution in [-0.2, 0) is 0 Å². The summed E-state index contributed by atoms with van der Waals surface area (Å²) in [7, 11) is 0. The van der Waals surface area contributed by atoms with Crippen LogP contribution in [0.5, 0.6) is 0 Å². The number of halogens is 2. The first-order valence-corrected chi connectivity index (χ1v) is 7.05. The Bertz CT molecular complexity index is 394. The number of nitrogens with one attached hydrogen (secondary N) is 1. The molecule has 5 heteroatoms. The van der Waals surface area contributed by atoms with Crippen LogP contribution >= 0.6 is 27.5 Å². The Morgan fingerprint density at radius 1 is 1.59 bits per heavy atom. The van der Waals surface area contributed by atoms with Crippen LogP contribution in [0.1, 0.15) is 36.0 Å². The van der Waals surface area contributed by atoms with Crippen LogP contribution in [0.25, 0.3) is 0 Å². The van der Waals surface area contributed by atoms with Gasteiger partial charge in [0.2, 0.25) is 0 Å². The van der Waals surface area contributed by atoms with Crippen LogP contribution in [0, 0.1) is 5.92 Å². The number of carbonyl (C=O) groups excluding carboxylic acids is 1. The Balaban J connectivity index is 1.82. The molecule has 1 aliphatic carbocycles. The summed E-state index contributed by atoms with van der Waals surface area (Å²) in [6.07, 6.45) is 5.89. The summed E-state index contributed by atoms with van der Waals surface area (Å²) in [5.41, 5.74) is 0.545. The summed E-state index contributed by atoms with van der Waals surface area (Å²) >= 11 is 9.31. The SMILES string of the molecule is O=C(NCC1CCCC(Cl)C1)c1ccoc1Br. The van der Waals surface area contributed by atoms with E-state index in [0.717, 1.165) is 25.7 Å². The molecule has 3 nitrogen and oxygen atoms in total. The van der Waals surface area contributed by atoms with Gasteiger partial charge in [-0.3, -0.25) is 4.79 Å². The fraction of sp³-hybridized carbons (Fsp3) is 0.583. The predicted molar refractivity (Wildman–Crippen MR) is 70.3 cm³/mol. The molecular formula is C12H15BrClNO2. The molecule has 0 bridgehead atoms. The Kier molecular flexibility index (Phi) is 4.51. The van der Waals surface area contributed by atoms with Crippen molar-refractivity contribution in [3.63, 3.8) is 0 Å². The summed E-state index contributed by atoms with van der Waals surface area (Å²) in [6.45, 7) is 0.694. The topological polar surface area (TPSA) is 42.2 Å². The largest absolute Gasteiger partial charge is 0.457 e. The van der Waals surface area contributed by atoms with E-state index < -0.39 is 0 Å². The van der Waals surface area contributed by atoms with Gasteiger partial charge in [0, 0.05) is 11.9 Å². The lowest BCUT2D eigenvalue weighted by molar-refractivity contribution is 0.0942. The molecule has 1 heterocycles. The molecule has 2 rings (SSSR count). The molecule has 1 aromatic heterocycles. The highest BCUT2D eigenvalue weighted by Gasteiger charge is 2.21. The van der Waals surface area contributed by atoms with Crippen LogP contribution in [0.2, 0.25) is 0 Å². The van der Waals surface area contributed by atoms with Crippen LogP contribution in [-0.4, -0.2) is 17.8 Å². The first-order chi connectivity index (χ1) is 8.16. The maximum atomic E-state index is 11.8. The smallest absolute Gasteiger partial charge is 0.255 e. The molecule has 1 saturated carbocycles. The molecular weight excluding hydrogens is 305 g/mol. The van der Waals surface area contributed by atoms with E-state index in [4.69, 9.17) is 16.0 Å². The zero-order valence-electron chi connectivity index (χ0n) is 9.42. The molecule has 1 amide bonds. The maximum absolute atomic E-state index is 11.8. The van der Waals surface area contributed by atoms with Crippen molar-refractivity contribution in [2.45, 2.75) is 31.1 Å². The molecule has 1 aliphatic rings. The quantitative estimate of drug-likeness (QED) is 0.865. The van der Waals surface area contributed by atoms with Gasteiger partial charge < -0.3 is 9.73 Å². The van der Waals surface area contributed by atoms with Gasteiger partial charge >= 0.3 is 0 Å². The van der Waals surface area contributed by atoms with Crippen LogP contribution in [0.3, 0.4) is 0 Å². The van der Waals surface area contributed by atoms with E-state index in [1.54, 1.807) is 6.07 Å². The molecule has 94 valence electrons. The Morgan fingerprint density at radius 3 is 3.06 bits per heavy atom. The maximum Gasteiger partial charge on any atom is 0.255 e. The second-order valence-corrected chi connectivity index (χ2v) is 5.79. The minimum absolute atomic E-state index is 0.0951. The Labute approximate surface area is 114 Å². The van der Waals surface area contributed by atoms with Crippen LogP contribution in [0.4, 0.5) is 0 Å². The normalized spacial score (nSPS) is 24.6. The minimum atomic E-state index is -0.0951. The average molecular weight is 321 g/mol. The predicted octanol–water partition coefficient (Wildman–Crippen LogP) is 3.57. The van der Waals surface area contributed by atoms with Gasteiger partial charge in [-0.25, -0.2) is 0 Å². The van der Waals surface area contributed by atoms with Crippen molar-refractivity contribution in [3.05, 3.63) is 22.6 Å². The number of alkyl halides is 1. The zero-order valence-corrected chi connectivity index (χ0v) is 11.8. The molecule has 0 radical (unpaired) electrons. The van der Waals surface area contributed by atoms with E-state index in [1.807, 2.05) is 0 Å². The van der Waals surface area contributed by atoms with Gasteiger partial charge in [-0.2, -0.15) is 0 Å². The van der Waals surface area contributed by atoms with Gasteiger partial charge in [0.25, 0.3) is 5.91 Å². The Morgan fingerprint density at radius 2 is 2.41 bits per heavy atom. The lowest BCUT2D eigenvalue weighted by Gasteiger charge is -2.25. The average Bonchev–Trinajstić information content (AvgIpc) is 2.72. The molecule has 17 heavy (non-hydrogen) atoms. The molecule has 0 aliphatic heterocycles. The van der Waals surface area contributed by atoms with Gasteiger partial charge in [-0.05, 0) is 47.2 Å². The third-order valence-corrected chi connectivity index (χ3v) is 4.14. The first kappa shape index (κ1) is 13.0. The molecule has 1 N–H and O–H groups in total. The number of furan rings is 1. The van der Waals surface area contributed by atoms with E-state index in [1.165, 1.54) is 6.26 Å². The van der Waals surface area contributed by atoms with Crippen molar-refractivity contribution in [2.75, 3.05) is 6.54 Å². The lowest BCUT2D eigenvalue weighted by atomic mass is 9.89. The third kappa shape index (κ3) is 3.49. The van der Waals surface area contributed by atoms with E-state index in [2.05, 4.69) is 21.2 Å². The van der Waals surface area contributed by atoms with Gasteiger partial charge in [-0.15, -0.1) is 11.6 Å². The third-order valence-electron chi connectivity index (χ3n) is 3.13. The molecule has 0 aromatic carbocycles. The highest BCUT2D eigenvalue weighted by molar-refractivity contribution is 9.10. The summed E-state index contributed by atoms with van der Waals surface area (Å²) in [6, 6.07) is 1.66. The molecule has 0 spiro atoms. The fourth-order valence-corrected chi connectivity index (χ4v) is 3.03. The molecule has 2 unspecified atom stereocenters. The molecule has 0 saturated heterocycles. The Hall–Kier alpha value is -0.480. The number of hydrogen-bond donors (Lipinski definition) is 1. The van der Waals surface area contributed by atoms with Crippen LogP contribution < -0.4 is 5.32 Å². The van der Waals surface area contributed by atoms with E-state index in [0.29, 0.717) is 22.7 Å². The number of carbonyl (C=O) groups is 1. The number of amides is 1. The second-order valence-electron chi connectivity index (χ2n) is 4.45. The van der Waals surface area contributed by atoms with Crippen molar-refractivity contribution < 1.29 is 9.21 Å². The molecule has 1 fully saturated rings. The van der Waals surface area contributed by atoms with Crippen molar-refractivity contribution in [1.82, 2.24) is 5.32 Å². The summed E-state index contributed by atoms with van der Waals surface area (Å²) in [5, 5.41) is 3.20. The summed E-state index contributed by atoms with van der Waals surface area (Å²) in [4.78, 5) is 11.8. The summed E-state index contributed by atoms with van der Waals surface area (Å²) in [5.74, 6) is 0.406. The van der Waals surface area contributed by atoms with Crippen LogP contribution in [0.15, 0.2) is 21.4 Å². The first-order valence-electron chi connectivity index (χ1n) is 5.82. The molecule has 1 aromatic rings. The number of hydrogen-bond acceptors (Lipinski definition) is 2. The van der Waals surface area contributed by atoms with Gasteiger partial charge in [0.05, 0.1) is 11.8 Å². The van der Waals surface area contributed by atoms with E-state index >= 15 is 0 Å². The standard InChI is InChI=1S/C12H15BrClNO2/c13-11-10(4-5-17-11)12(16)15-7-8-2-1-3-9(14)6-8/h4-5,8-9H,1-3,6-7H2,(H,15,16). The van der Waals surface area contributed by atoms with E-state index in [-0.39, 0.29) is 11.3 Å². The van der Waals surface area contributed by atoms with Gasteiger partial charge in [-0.1, -0.05) is 6.42 Å².